The summed E-state index contributed by atoms with van der Waals surface area (Å²) in [4.78, 5) is 9.77. The van der Waals surface area contributed by atoms with Crippen LogP contribution in [-0.4, -0.2) is 42.0 Å². The van der Waals surface area contributed by atoms with E-state index in [2.05, 4.69) is 51.8 Å². The fraction of sp³-hybridized carbons (Fsp3) is 0.212. The molecule has 0 amide bonds. The van der Waals surface area contributed by atoms with E-state index < -0.39 is 6.23 Å². The van der Waals surface area contributed by atoms with Crippen molar-refractivity contribution < 1.29 is 5.11 Å². The summed E-state index contributed by atoms with van der Waals surface area (Å²) in [5.41, 5.74) is 5.75. The maximum Gasteiger partial charge on any atom is 0.210 e. The van der Waals surface area contributed by atoms with Crippen LogP contribution in [0.1, 0.15) is 24.4 Å². The highest BCUT2D eigenvalue weighted by Gasteiger charge is 2.22. The summed E-state index contributed by atoms with van der Waals surface area (Å²) < 4.78 is 4.24. The van der Waals surface area contributed by atoms with Gasteiger partial charge in [-0.3, -0.25) is 9.13 Å². The van der Waals surface area contributed by atoms with Gasteiger partial charge >= 0.3 is 0 Å². The second-order valence-electron chi connectivity index (χ2n) is 9.95. The Morgan fingerprint density at radius 1 is 0.643 bits per heavy atom. The fourth-order valence-corrected chi connectivity index (χ4v) is 6.98. The Kier molecular flexibility index (Phi) is 8.98. The lowest BCUT2D eigenvalue weighted by atomic mass is 10.3. The van der Waals surface area contributed by atoms with Crippen LogP contribution in [0.2, 0.25) is 0 Å². The molecule has 9 heteroatoms. The zero-order valence-electron chi connectivity index (χ0n) is 23.4. The molecule has 0 fully saturated rings. The van der Waals surface area contributed by atoms with E-state index in [4.69, 9.17) is 9.97 Å². The Labute approximate surface area is 254 Å². The van der Waals surface area contributed by atoms with E-state index in [1.807, 2.05) is 107 Å². The second kappa shape index (κ2) is 13.4. The minimum atomic E-state index is -0.737. The van der Waals surface area contributed by atoms with Gasteiger partial charge in [-0.15, -0.1) is 11.8 Å². The van der Waals surface area contributed by atoms with Crippen LogP contribution in [0.15, 0.2) is 109 Å². The van der Waals surface area contributed by atoms with Crippen molar-refractivity contribution in [1.29, 1.82) is 0 Å². The Hall–Kier alpha value is -3.92. The molecule has 0 aliphatic rings. The Bertz CT molecular complexity index is 1740. The number of nitrogens with one attached hydrogen (secondary N) is 2. The first-order chi connectivity index (χ1) is 20.7. The number of aromatic nitrogens is 4. The van der Waals surface area contributed by atoms with E-state index in [0.29, 0.717) is 12.4 Å². The second-order valence-corrected chi connectivity index (χ2v) is 12.2. The Balaban J connectivity index is 1.25. The zero-order chi connectivity index (χ0) is 28.7. The molecule has 7 nitrogen and oxygen atoms in total. The molecule has 0 spiro atoms. The van der Waals surface area contributed by atoms with Crippen molar-refractivity contribution in [1.82, 2.24) is 19.1 Å². The maximum atomic E-state index is 11.5. The number of imidazole rings is 2. The molecular weight excluding hydrogens is 561 g/mol. The normalized spacial score (nSPS) is 12.9. The fourth-order valence-electron chi connectivity index (χ4n) is 5.10. The molecule has 0 radical (unpaired) electrons. The van der Waals surface area contributed by atoms with Crippen molar-refractivity contribution in [2.75, 3.05) is 28.4 Å². The SMILES string of the molecule is CSCCC(SCCC(O)n1c(Nc2ccccc2)nc2ccccc21)n1c(Nc2ccccc2)nc2ccccc21. The predicted molar refractivity (Wildman–Crippen MR) is 179 cm³/mol. The number of para-hydroxylation sites is 6. The van der Waals surface area contributed by atoms with E-state index in [1.165, 1.54) is 0 Å². The molecule has 2 atom stereocenters. The standard InChI is InChI=1S/C33H34N6OS2/c1-41-22-21-31(39-29-19-11-9-17-27(29)37-33(39)35-25-14-6-3-7-15-25)42-23-20-30(40)38-28-18-10-8-16-26(28)36-32(38)34-24-12-4-2-5-13-24/h2-19,30-31,40H,20-23H2,1H3,(H,34,36)(H,35,37). The lowest BCUT2D eigenvalue weighted by Gasteiger charge is -2.23. The molecular formula is C33H34N6OS2. The van der Waals surface area contributed by atoms with E-state index in [1.54, 1.807) is 0 Å². The van der Waals surface area contributed by atoms with Crippen LogP contribution >= 0.6 is 23.5 Å². The van der Waals surface area contributed by atoms with Gasteiger partial charge in [0.25, 0.3) is 0 Å². The van der Waals surface area contributed by atoms with Gasteiger partial charge in [0.05, 0.1) is 27.4 Å². The van der Waals surface area contributed by atoms with E-state index in [9.17, 15) is 5.11 Å². The number of rotatable bonds is 13. The monoisotopic (exact) mass is 594 g/mol. The number of nitrogens with zero attached hydrogens (tertiary/aromatic N) is 4. The number of anilines is 4. The van der Waals surface area contributed by atoms with Gasteiger partial charge in [0, 0.05) is 17.8 Å². The molecule has 2 aromatic heterocycles. The molecule has 4 aromatic carbocycles. The average molecular weight is 595 g/mol. The molecule has 0 aliphatic heterocycles. The summed E-state index contributed by atoms with van der Waals surface area (Å²) in [6.07, 6.45) is 2.95. The highest BCUT2D eigenvalue weighted by Crippen LogP contribution is 2.37. The lowest BCUT2D eigenvalue weighted by Crippen LogP contribution is -2.14. The third kappa shape index (κ3) is 6.28. The zero-order valence-corrected chi connectivity index (χ0v) is 25.1. The molecule has 0 saturated carbocycles. The molecule has 0 aliphatic carbocycles. The van der Waals surface area contributed by atoms with Crippen molar-refractivity contribution >= 4 is 68.9 Å². The number of thioether (sulfide) groups is 2. The summed E-state index contributed by atoms with van der Waals surface area (Å²) in [5.74, 6) is 3.24. The smallest absolute Gasteiger partial charge is 0.210 e. The lowest BCUT2D eigenvalue weighted by molar-refractivity contribution is 0.107. The van der Waals surface area contributed by atoms with Crippen LogP contribution in [0.25, 0.3) is 22.1 Å². The molecule has 0 bridgehead atoms. The predicted octanol–water partition coefficient (Wildman–Crippen LogP) is 8.44. The van der Waals surface area contributed by atoms with Crippen LogP contribution < -0.4 is 10.6 Å². The quantitative estimate of drug-likeness (QED) is 0.124. The first-order valence-electron chi connectivity index (χ1n) is 14.1. The van der Waals surface area contributed by atoms with E-state index in [0.717, 1.165) is 57.3 Å². The van der Waals surface area contributed by atoms with Gasteiger partial charge in [-0.1, -0.05) is 60.7 Å². The molecule has 3 N–H and O–H groups in total. The average Bonchev–Trinajstić information content (AvgIpc) is 3.57. The highest BCUT2D eigenvalue weighted by molar-refractivity contribution is 7.99. The Morgan fingerprint density at radius 3 is 1.71 bits per heavy atom. The molecule has 6 rings (SSSR count). The molecule has 42 heavy (non-hydrogen) atoms. The highest BCUT2D eigenvalue weighted by atomic mass is 32.2. The topological polar surface area (TPSA) is 79.9 Å². The van der Waals surface area contributed by atoms with Crippen molar-refractivity contribution in [3.05, 3.63) is 109 Å². The van der Waals surface area contributed by atoms with Crippen LogP contribution in [0.5, 0.6) is 0 Å². The number of hydrogen-bond acceptors (Lipinski definition) is 7. The van der Waals surface area contributed by atoms with Gasteiger partial charge in [-0.2, -0.15) is 11.8 Å². The van der Waals surface area contributed by atoms with Gasteiger partial charge in [0.1, 0.15) is 6.23 Å². The maximum absolute atomic E-state index is 11.5. The van der Waals surface area contributed by atoms with Crippen LogP contribution in [0.3, 0.4) is 0 Å². The number of aliphatic hydroxyl groups excluding tert-OH is 1. The van der Waals surface area contributed by atoms with Crippen molar-refractivity contribution in [2.45, 2.75) is 24.4 Å². The first-order valence-corrected chi connectivity index (χ1v) is 16.5. The summed E-state index contributed by atoms with van der Waals surface area (Å²) in [7, 11) is 0. The van der Waals surface area contributed by atoms with Crippen molar-refractivity contribution in [3.63, 3.8) is 0 Å². The third-order valence-corrected chi connectivity index (χ3v) is 9.04. The van der Waals surface area contributed by atoms with Gasteiger partial charge in [-0.25, -0.2) is 9.97 Å². The molecule has 6 aromatic rings. The minimum absolute atomic E-state index is 0.143. The molecule has 2 unspecified atom stereocenters. The van der Waals surface area contributed by atoms with Gasteiger partial charge in [-0.05, 0) is 72.7 Å². The van der Waals surface area contributed by atoms with Crippen LogP contribution in [0, 0.1) is 0 Å². The molecule has 214 valence electrons. The van der Waals surface area contributed by atoms with Gasteiger partial charge in [0.15, 0.2) is 0 Å². The van der Waals surface area contributed by atoms with Gasteiger partial charge in [0.2, 0.25) is 11.9 Å². The summed E-state index contributed by atoms with van der Waals surface area (Å²) in [6.45, 7) is 0. The summed E-state index contributed by atoms with van der Waals surface area (Å²) >= 11 is 3.70. The first kappa shape index (κ1) is 28.2. The molecule has 0 saturated heterocycles. The number of aliphatic hydroxyl groups is 1. The number of benzene rings is 4. The van der Waals surface area contributed by atoms with Crippen LogP contribution in [-0.2, 0) is 0 Å². The Morgan fingerprint density at radius 2 is 1.14 bits per heavy atom. The van der Waals surface area contributed by atoms with Crippen molar-refractivity contribution in [3.8, 4) is 0 Å². The summed E-state index contributed by atoms with van der Waals surface area (Å²) in [5, 5.41) is 18.6. The summed E-state index contributed by atoms with van der Waals surface area (Å²) in [6, 6.07) is 36.4. The third-order valence-electron chi connectivity index (χ3n) is 7.09. The largest absolute Gasteiger partial charge is 0.373 e. The number of hydrogen-bond donors (Lipinski definition) is 3. The van der Waals surface area contributed by atoms with Crippen LogP contribution in [0.4, 0.5) is 23.3 Å². The minimum Gasteiger partial charge on any atom is -0.373 e. The van der Waals surface area contributed by atoms with E-state index >= 15 is 0 Å². The number of fused-ring (bicyclic) bond motifs is 2. The van der Waals surface area contributed by atoms with Gasteiger partial charge < -0.3 is 15.7 Å². The van der Waals surface area contributed by atoms with Crippen molar-refractivity contribution in [2.24, 2.45) is 0 Å². The molecule has 2 heterocycles. The van der Waals surface area contributed by atoms with E-state index in [-0.39, 0.29) is 5.37 Å².